The maximum Gasteiger partial charge on any atom is 0.421 e. The number of amides is 3. The van der Waals surface area contributed by atoms with Gasteiger partial charge >= 0.3 is 24.2 Å². The number of methoxy groups -OCH3 is 1. The first kappa shape index (κ1) is 89.6. The number of aliphatic hydroxyl groups excluding tert-OH is 1. The number of benzene rings is 3. The van der Waals surface area contributed by atoms with Crippen molar-refractivity contribution in [3.05, 3.63) is 157 Å². The summed E-state index contributed by atoms with van der Waals surface area (Å²) < 4.78 is 67.1. The third-order valence-corrected chi connectivity index (χ3v) is 27.9. The zero-order valence-corrected chi connectivity index (χ0v) is 74.4. The molecule has 8 atom stereocenters. The topological polar surface area (TPSA) is 296 Å². The van der Waals surface area contributed by atoms with Gasteiger partial charge in [0.25, 0.3) is 11.8 Å². The SMILES string of the molecule is C=C(CO)C(=O)N1CCN(c2nc(OC[C@@H]3CC(c4cc(C)c(C)c(N5CCc6c(nc(OC[C@@H]7CCCN7C)nc6N6CCN(C(=O)/C=C/COC)[C@@H](CC#N)C6)C5)c4)CN3C)nc3c2CCN(c2cc(C4C[C@@H](COc5nc6c(c(N7CCN(C(=O)C(=C)C(F)(F)F)[C@@H](CC#N)C7)n5)CCN(c5cccc(C)c5C)C6)N(C)C4)cc(C)c2C)C3)C[C@@H]1CC#N. The molecule has 32 heteroatoms. The first-order chi connectivity index (χ1) is 60.6. The minimum Gasteiger partial charge on any atom is -0.462 e. The van der Waals surface area contributed by atoms with Gasteiger partial charge in [-0.2, -0.15) is 58.9 Å². The maximum absolute atomic E-state index is 13.9. The van der Waals surface area contributed by atoms with Gasteiger partial charge < -0.3 is 73.1 Å². The van der Waals surface area contributed by atoms with Gasteiger partial charge in [-0.1, -0.05) is 43.5 Å². The number of carbonyl (C=O) groups excluding carboxylic acids is 3. The van der Waals surface area contributed by atoms with Crippen molar-refractivity contribution < 1.29 is 51.6 Å². The minimum absolute atomic E-state index is 0.00215. The van der Waals surface area contributed by atoms with E-state index >= 15 is 0 Å². The fourth-order valence-electron chi connectivity index (χ4n) is 20.2. The van der Waals surface area contributed by atoms with E-state index in [1.54, 1.807) is 23.0 Å². The standard InChI is InChI=1S/C94H118F3N21O8/c1-58-16-13-18-82(62(58)5)110-30-23-76-79(51-110)101-92(105-87(76)115-35-38-118(72(50-115)22-28-100)90(122)65(8)94(95,96)97)125-56-74-42-68(46-108(74)10)67-41-60(3)64(7)84(45-67)112-32-25-78-81(53-112)103-93(106-88(78)114-34-37-117(71(49-114)21-27-99)89(121)61(4)54-119)126-57-75-43-69(47-109(75)11)66-40-59(2)63(6)83(44-66)111-31-24-77-80(52-111)102-91(124-55-73-17-14-29-107(73)9)104-86(77)113-33-36-116(70(48-113)20-26-98)85(120)19-15-39-123-12/h13,15-16,18-19,40-41,44-45,68-75,119H,4,8,14,17,20-25,29-39,42-43,46-57H2,1-3,5-7,9-12H3/b19-15+/t68?,69?,70-,71-,72-,73-,74-,75-/m0/s1. The molecular weight excluding hydrogens is 1610 g/mol. The number of halogens is 3. The molecule has 3 aromatic carbocycles. The predicted octanol–water partition coefficient (Wildman–Crippen LogP) is 9.46. The average molecular weight is 1730 g/mol. The number of nitrogens with zero attached hydrogens (tertiary/aromatic N) is 21. The number of carbonyl (C=O) groups is 3. The molecule has 0 saturated carbocycles. The predicted molar refractivity (Wildman–Crippen MR) is 474 cm³/mol. The largest absolute Gasteiger partial charge is 0.462 e. The number of hydrogen-bond acceptors (Lipinski definition) is 26. The van der Waals surface area contributed by atoms with E-state index in [0.717, 1.165) is 136 Å². The van der Waals surface area contributed by atoms with E-state index in [1.807, 2.05) is 11.0 Å². The Bertz CT molecular complexity index is 5280. The smallest absolute Gasteiger partial charge is 0.421 e. The van der Waals surface area contributed by atoms with Crippen molar-refractivity contribution in [3.63, 3.8) is 0 Å². The van der Waals surface area contributed by atoms with Crippen molar-refractivity contribution >= 4 is 52.2 Å². The van der Waals surface area contributed by atoms with E-state index in [-0.39, 0.29) is 117 Å². The van der Waals surface area contributed by atoms with E-state index in [2.05, 4.69) is 170 Å². The van der Waals surface area contributed by atoms with Gasteiger partial charge in [-0.3, -0.25) is 24.2 Å². The number of likely N-dealkylation sites (tertiary alicyclic amines) is 3. The van der Waals surface area contributed by atoms with E-state index in [1.165, 1.54) is 28.3 Å². The zero-order chi connectivity index (χ0) is 89.1. The Morgan fingerprint density at radius 2 is 0.929 bits per heavy atom. The highest BCUT2D eigenvalue weighted by Gasteiger charge is 2.45. The lowest BCUT2D eigenvalue weighted by Crippen LogP contribution is -2.56. The quantitative estimate of drug-likeness (QED) is 0.0494. The molecule has 9 aliphatic heterocycles. The Morgan fingerprint density at radius 3 is 1.35 bits per heavy atom. The third kappa shape index (κ3) is 19.1. The van der Waals surface area contributed by atoms with Gasteiger partial charge in [0.15, 0.2) is 0 Å². The van der Waals surface area contributed by atoms with E-state index in [0.29, 0.717) is 122 Å². The third-order valence-electron chi connectivity index (χ3n) is 27.9. The van der Waals surface area contributed by atoms with Crippen LogP contribution in [0.1, 0.15) is 135 Å². The van der Waals surface area contributed by atoms with Crippen LogP contribution in [0.25, 0.3) is 0 Å². The number of rotatable bonds is 26. The molecule has 3 aromatic heterocycles. The number of likely N-dealkylation sites (N-methyl/N-ethyl adjacent to an activating group) is 3. The van der Waals surface area contributed by atoms with Gasteiger partial charge in [0.05, 0.1) is 106 Å². The van der Waals surface area contributed by atoms with Gasteiger partial charge in [-0.15, -0.1) is 0 Å². The number of nitriles is 3. The average Bonchev–Trinajstić information content (AvgIpc) is 0.942. The monoisotopic (exact) mass is 1730 g/mol. The Morgan fingerprint density at radius 1 is 0.508 bits per heavy atom. The molecule has 0 radical (unpaired) electrons. The van der Waals surface area contributed by atoms with E-state index in [9.17, 15) is 48.4 Å². The fourth-order valence-corrected chi connectivity index (χ4v) is 20.2. The summed E-state index contributed by atoms with van der Waals surface area (Å²) in [6.07, 6.45) is 3.95. The first-order valence-electron chi connectivity index (χ1n) is 44.3. The van der Waals surface area contributed by atoms with Crippen molar-refractivity contribution in [1.82, 2.24) is 59.3 Å². The Balaban J connectivity index is 0.659. The van der Waals surface area contributed by atoms with Crippen LogP contribution < -0.4 is 43.6 Å². The van der Waals surface area contributed by atoms with Gasteiger partial charge in [0, 0.05) is 162 Å². The van der Waals surface area contributed by atoms with Crippen LogP contribution in [0.3, 0.4) is 0 Å². The molecule has 3 amide bonds. The van der Waals surface area contributed by atoms with Crippen LogP contribution in [-0.4, -0.2) is 284 Å². The Kier molecular flexibility index (Phi) is 27.4. The van der Waals surface area contributed by atoms with Gasteiger partial charge in [-0.25, -0.2) is 0 Å². The molecule has 2 unspecified atom stereocenters. The molecule has 6 saturated heterocycles. The molecule has 0 bridgehead atoms. The number of aryl methyl sites for hydroxylation is 3. The van der Waals surface area contributed by atoms with Crippen LogP contribution in [0, 0.1) is 75.5 Å². The maximum atomic E-state index is 13.9. The van der Waals surface area contributed by atoms with E-state index in [4.69, 9.17) is 48.9 Å². The van der Waals surface area contributed by atoms with Crippen LogP contribution in [0.5, 0.6) is 18.0 Å². The molecule has 126 heavy (non-hydrogen) atoms. The number of piperazine rings is 3. The molecule has 12 heterocycles. The number of aliphatic hydroxyl groups is 1. The highest BCUT2D eigenvalue weighted by Crippen LogP contribution is 2.44. The van der Waals surface area contributed by atoms with Crippen molar-refractivity contribution in [2.24, 2.45) is 0 Å². The molecular formula is C94H118F3N21O8. The van der Waals surface area contributed by atoms with Crippen molar-refractivity contribution in [3.8, 4) is 36.2 Å². The summed E-state index contributed by atoms with van der Waals surface area (Å²) in [5.41, 5.74) is 16.8. The van der Waals surface area contributed by atoms with Gasteiger partial charge in [0.1, 0.15) is 42.8 Å². The Hall–Kier alpha value is -11.2. The molecule has 9 aliphatic rings. The highest BCUT2D eigenvalue weighted by molar-refractivity contribution is 5.95. The molecule has 1 N–H and O–H groups in total. The summed E-state index contributed by atoms with van der Waals surface area (Å²) >= 11 is 0. The number of ether oxygens (including phenoxy) is 4. The number of alkyl halides is 3. The lowest BCUT2D eigenvalue weighted by atomic mass is 9.91. The zero-order valence-electron chi connectivity index (χ0n) is 74.4. The van der Waals surface area contributed by atoms with Crippen LogP contribution >= 0.6 is 0 Å². The van der Waals surface area contributed by atoms with Gasteiger partial charge in [-0.05, 0) is 189 Å². The lowest BCUT2D eigenvalue weighted by molar-refractivity contribution is -0.142. The summed E-state index contributed by atoms with van der Waals surface area (Å²) in [5.74, 6) is 0.639. The molecule has 29 nitrogen and oxygen atoms in total. The summed E-state index contributed by atoms with van der Waals surface area (Å²) in [6, 6.07) is 21.6. The van der Waals surface area contributed by atoms with Crippen LogP contribution in [0.15, 0.2) is 78.9 Å². The van der Waals surface area contributed by atoms with Crippen molar-refractivity contribution in [2.75, 3.05) is 189 Å². The number of fused-ring (bicyclic) bond motifs is 3. The van der Waals surface area contributed by atoms with Crippen LogP contribution in [-0.2, 0) is 58.0 Å². The number of aromatic nitrogens is 6. The minimum atomic E-state index is -4.92. The summed E-state index contributed by atoms with van der Waals surface area (Å²) in [4.78, 5) is 96.9. The molecule has 668 valence electrons. The first-order valence-corrected chi connectivity index (χ1v) is 44.3. The van der Waals surface area contributed by atoms with E-state index < -0.39 is 36.3 Å². The molecule has 0 spiro atoms. The lowest BCUT2D eigenvalue weighted by Gasteiger charge is -2.42. The second kappa shape index (κ2) is 38.5. The molecule has 0 aliphatic carbocycles. The highest BCUT2D eigenvalue weighted by atomic mass is 19.4. The summed E-state index contributed by atoms with van der Waals surface area (Å²) in [5, 5.41) is 40.2. The molecule has 15 rings (SSSR count). The second-order valence-corrected chi connectivity index (χ2v) is 35.7. The fraction of sp³-hybridized carbons (Fsp3) is 0.553. The normalized spacial score (nSPS) is 22.5. The summed E-state index contributed by atoms with van der Waals surface area (Å²) in [7, 11) is 7.98. The van der Waals surface area contributed by atoms with Crippen LogP contribution in [0.4, 0.5) is 47.7 Å². The van der Waals surface area contributed by atoms with Gasteiger partial charge in [0.2, 0.25) is 5.91 Å². The van der Waals surface area contributed by atoms with Crippen molar-refractivity contribution in [2.45, 2.75) is 180 Å². The molecule has 6 fully saturated rings. The number of hydrogen-bond donors (Lipinski definition) is 1. The Labute approximate surface area is 737 Å². The second-order valence-electron chi connectivity index (χ2n) is 35.7. The number of anilines is 6. The van der Waals surface area contributed by atoms with Crippen LogP contribution in [0.2, 0.25) is 0 Å². The van der Waals surface area contributed by atoms with Crippen molar-refractivity contribution in [1.29, 1.82) is 15.8 Å². The molecule has 6 aromatic rings. The summed E-state index contributed by atoms with van der Waals surface area (Å²) in [6.45, 7) is 29.4.